The van der Waals surface area contributed by atoms with E-state index in [9.17, 15) is 0 Å². The average Bonchev–Trinajstić information content (AvgIpc) is 3.31. The Labute approximate surface area is 347 Å². The number of para-hydroxylation sites is 4. The van der Waals surface area contributed by atoms with Gasteiger partial charge in [0.25, 0.3) is 0 Å². The number of fused-ring (bicyclic) bond motifs is 4. The van der Waals surface area contributed by atoms with Gasteiger partial charge in [0.1, 0.15) is 34.8 Å². The zero-order valence-electron chi connectivity index (χ0n) is 32.3. The number of rotatable bonds is 4. The fourth-order valence-electron chi connectivity index (χ4n) is 6.98. The molecule has 0 saturated carbocycles. The SMILES string of the molecule is C1=Nc2c(cccc2-c2ccccc2)OCOc2cccc(-c3ccccc3)c2N=C=Nc2c(cccc2-c2ccccc2)OCOc2cccc(-c3ccccc3)c2N=1. The Morgan fingerprint density at radius 1 is 0.267 bits per heavy atom. The van der Waals surface area contributed by atoms with E-state index in [-0.39, 0.29) is 13.6 Å². The van der Waals surface area contributed by atoms with Gasteiger partial charge < -0.3 is 18.9 Å². The van der Waals surface area contributed by atoms with Crippen LogP contribution in [0.5, 0.6) is 23.0 Å². The van der Waals surface area contributed by atoms with E-state index in [1.165, 1.54) is 0 Å². The largest absolute Gasteiger partial charge is 0.455 e. The van der Waals surface area contributed by atoms with Gasteiger partial charge in [-0.2, -0.15) is 20.0 Å². The molecule has 1 aliphatic rings. The highest BCUT2D eigenvalue weighted by molar-refractivity contribution is 5.86. The van der Waals surface area contributed by atoms with Gasteiger partial charge in [0.05, 0.1) is 0 Å². The monoisotopic (exact) mass is 780 g/mol. The molecule has 0 atom stereocenters. The van der Waals surface area contributed by atoms with Gasteiger partial charge in [-0.15, -0.1) is 0 Å². The van der Waals surface area contributed by atoms with Gasteiger partial charge in [-0.3, -0.25) is 0 Å². The first kappa shape index (κ1) is 37.3. The van der Waals surface area contributed by atoms with Crippen molar-refractivity contribution in [1.82, 2.24) is 0 Å². The Morgan fingerprint density at radius 2 is 0.500 bits per heavy atom. The van der Waals surface area contributed by atoms with Crippen LogP contribution >= 0.6 is 0 Å². The van der Waals surface area contributed by atoms with Gasteiger partial charge in [-0.25, -0.2) is 0 Å². The third-order valence-corrected chi connectivity index (χ3v) is 9.84. The minimum absolute atomic E-state index is 0.153. The number of hydrogen-bond donors (Lipinski definition) is 0. The molecule has 8 nitrogen and oxygen atoms in total. The van der Waals surface area contributed by atoms with Crippen molar-refractivity contribution in [2.45, 2.75) is 0 Å². The molecule has 0 fully saturated rings. The molecule has 0 unspecified atom stereocenters. The van der Waals surface area contributed by atoms with Gasteiger partial charge in [-0.05, 0) is 46.5 Å². The van der Waals surface area contributed by atoms with Crippen LogP contribution in [-0.2, 0) is 0 Å². The van der Waals surface area contributed by atoms with Crippen LogP contribution in [0.15, 0.2) is 214 Å². The third-order valence-electron chi connectivity index (χ3n) is 9.84. The van der Waals surface area contributed by atoms with Crippen LogP contribution in [0.2, 0.25) is 0 Å². The summed E-state index contributed by atoms with van der Waals surface area (Å²) in [5.41, 5.74) is 9.26. The van der Waals surface area contributed by atoms with Gasteiger partial charge >= 0.3 is 0 Å². The minimum Gasteiger partial charge on any atom is -0.455 e. The molecule has 0 bridgehead atoms. The first-order valence-corrected chi connectivity index (χ1v) is 19.4. The molecule has 1 aliphatic heterocycles. The van der Waals surface area contributed by atoms with Crippen LogP contribution in [0.3, 0.4) is 0 Å². The fourth-order valence-corrected chi connectivity index (χ4v) is 6.98. The lowest BCUT2D eigenvalue weighted by atomic mass is 10.0. The molecule has 1 heterocycles. The molecule has 0 radical (unpaired) electrons. The molecular weight excluding hydrogens is 745 g/mol. The van der Waals surface area contributed by atoms with E-state index in [2.05, 4.69) is 12.0 Å². The number of benzene rings is 8. The lowest BCUT2D eigenvalue weighted by Crippen LogP contribution is -2.06. The molecule has 0 saturated heterocycles. The van der Waals surface area contributed by atoms with Crippen LogP contribution < -0.4 is 18.9 Å². The fraction of sp³-hybridized carbons (Fsp3) is 0.0385. The van der Waals surface area contributed by atoms with Crippen molar-refractivity contribution in [2.24, 2.45) is 20.0 Å². The summed E-state index contributed by atoms with van der Waals surface area (Å²) < 4.78 is 25.5. The zero-order valence-corrected chi connectivity index (χ0v) is 32.3. The van der Waals surface area contributed by atoms with E-state index < -0.39 is 0 Å². The topological polar surface area (TPSA) is 86.4 Å². The quantitative estimate of drug-likeness (QED) is 0.178. The predicted octanol–water partition coefficient (Wildman–Crippen LogP) is 13.8. The third kappa shape index (κ3) is 8.23. The second-order valence-corrected chi connectivity index (χ2v) is 13.5. The minimum atomic E-state index is -0.153. The van der Waals surface area contributed by atoms with Gasteiger partial charge in [0.15, 0.2) is 23.0 Å². The van der Waals surface area contributed by atoms with E-state index in [1.54, 1.807) is 0 Å². The van der Waals surface area contributed by atoms with Crippen molar-refractivity contribution in [3.63, 3.8) is 0 Å². The summed E-state index contributed by atoms with van der Waals surface area (Å²) in [5, 5.41) is 0. The molecule has 8 aromatic carbocycles. The average molecular weight is 781 g/mol. The second kappa shape index (κ2) is 17.9. The van der Waals surface area contributed by atoms with Crippen molar-refractivity contribution >= 4 is 34.8 Å². The van der Waals surface area contributed by atoms with E-state index in [0.717, 1.165) is 44.5 Å². The first-order chi connectivity index (χ1) is 29.8. The summed E-state index contributed by atoms with van der Waals surface area (Å²) in [6, 6.07) is 69.0. The maximum atomic E-state index is 6.38. The molecule has 8 aromatic rings. The number of hydrogen-bond acceptors (Lipinski definition) is 8. The summed E-state index contributed by atoms with van der Waals surface area (Å²) in [4.78, 5) is 19.3. The van der Waals surface area contributed by atoms with Crippen LogP contribution in [0.25, 0.3) is 44.5 Å². The van der Waals surface area contributed by atoms with Crippen molar-refractivity contribution in [3.8, 4) is 67.5 Å². The Hall–Kier alpha value is -8.28. The second-order valence-electron chi connectivity index (χ2n) is 13.5. The van der Waals surface area contributed by atoms with E-state index in [0.29, 0.717) is 45.7 Å². The smallest absolute Gasteiger partial charge is 0.231 e. The molecule has 0 aliphatic carbocycles. The number of ether oxygens (including phenoxy) is 4. The molecule has 0 spiro atoms. The standard InChI is InChI=1S/C52H36N4O4/c1-5-17-37(18-6-1)41-25-13-29-45-49(41)53-33-54-50-42(38-19-7-2-8-20-38)26-14-30-46(50)59-36-60-48-32-16-28-44(40-23-11-4-12-24-40)52(48)56-34-55-51-43(39-21-9-3-10-22-39)27-15-31-47(51)58-35-57-45/h1-32H,35-36H2. The van der Waals surface area contributed by atoms with Gasteiger partial charge in [-0.1, -0.05) is 170 Å². The first-order valence-electron chi connectivity index (χ1n) is 19.4. The zero-order chi connectivity index (χ0) is 40.4. The molecule has 0 N–H and O–H groups in total. The highest BCUT2D eigenvalue weighted by Gasteiger charge is 2.17. The summed E-state index contributed by atoms with van der Waals surface area (Å²) in [5.74, 6) is 1.91. The molecular formula is C52H36N4O4. The van der Waals surface area contributed by atoms with E-state index in [1.807, 2.05) is 194 Å². The summed E-state index contributed by atoms with van der Waals surface area (Å²) >= 11 is 0. The summed E-state index contributed by atoms with van der Waals surface area (Å²) in [6.07, 6.45) is 0. The Bertz CT molecular complexity index is 2500. The maximum absolute atomic E-state index is 6.38. The summed E-state index contributed by atoms with van der Waals surface area (Å²) in [7, 11) is 0. The van der Waals surface area contributed by atoms with Crippen molar-refractivity contribution in [2.75, 3.05) is 13.6 Å². The normalized spacial score (nSPS) is 12.3. The van der Waals surface area contributed by atoms with Crippen molar-refractivity contribution < 1.29 is 18.9 Å². The Morgan fingerprint density at radius 3 is 0.733 bits per heavy atom. The molecule has 60 heavy (non-hydrogen) atoms. The van der Waals surface area contributed by atoms with Gasteiger partial charge in [0.2, 0.25) is 13.6 Å². The highest BCUT2D eigenvalue weighted by atomic mass is 16.7. The van der Waals surface area contributed by atoms with E-state index in [4.69, 9.17) is 38.9 Å². The molecule has 9 rings (SSSR count). The lowest BCUT2D eigenvalue weighted by Gasteiger charge is -2.16. The van der Waals surface area contributed by atoms with Crippen LogP contribution in [0, 0.1) is 0 Å². The van der Waals surface area contributed by atoms with Crippen LogP contribution in [0.1, 0.15) is 0 Å². The van der Waals surface area contributed by atoms with E-state index >= 15 is 0 Å². The maximum Gasteiger partial charge on any atom is 0.231 e. The predicted molar refractivity (Wildman–Crippen MR) is 238 cm³/mol. The van der Waals surface area contributed by atoms with Crippen LogP contribution in [-0.4, -0.2) is 25.6 Å². The Kier molecular flexibility index (Phi) is 11.1. The number of nitrogens with zero attached hydrogens (tertiary/aromatic N) is 4. The Balaban J connectivity index is 1.21. The molecule has 0 amide bonds. The molecule has 8 heteroatoms. The van der Waals surface area contributed by atoms with Gasteiger partial charge in [0, 0.05) is 22.3 Å². The lowest BCUT2D eigenvalue weighted by molar-refractivity contribution is 0.121. The van der Waals surface area contributed by atoms with Crippen molar-refractivity contribution in [1.29, 1.82) is 0 Å². The number of aliphatic imine (C=N–C) groups is 4. The highest BCUT2D eigenvalue weighted by Crippen LogP contribution is 2.43. The molecule has 0 aromatic heterocycles. The van der Waals surface area contributed by atoms with Crippen LogP contribution in [0.4, 0.5) is 22.7 Å². The summed E-state index contributed by atoms with van der Waals surface area (Å²) in [6.45, 7) is -0.307. The van der Waals surface area contributed by atoms with Crippen molar-refractivity contribution in [3.05, 3.63) is 194 Å². The molecule has 288 valence electrons.